The maximum Gasteiger partial charge on any atom is 0.127 e. The van der Waals surface area contributed by atoms with E-state index in [-0.39, 0.29) is 0 Å². The van der Waals surface area contributed by atoms with Gasteiger partial charge in [-0.25, -0.2) is 4.99 Å². The molecule has 2 rings (SSSR count). The third-order valence-electron chi connectivity index (χ3n) is 1.75. The van der Waals surface area contributed by atoms with Crippen LogP contribution in [0.4, 0.5) is 0 Å². The number of hydrogen-bond donors (Lipinski definition) is 0. The molecule has 0 saturated carbocycles. The van der Waals surface area contributed by atoms with E-state index in [4.69, 9.17) is 4.42 Å². The first-order valence-electron chi connectivity index (χ1n) is 4.13. The number of aryl methyl sites for hydroxylation is 1. The van der Waals surface area contributed by atoms with Crippen LogP contribution < -0.4 is 0 Å². The highest BCUT2D eigenvalue weighted by Gasteiger charge is 1.99. The Morgan fingerprint density at radius 3 is 3.00 bits per heavy atom. The van der Waals surface area contributed by atoms with Crippen LogP contribution in [0.1, 0.15) is 11.5 Å². The first-order valence-corrected chi connectivity index (χ1v) is 4.13. The van der Waals surface area contributed by atoms with Crippen molar-refractivity contribution in [2.75, 3.05) is 6.54 Å². The van der Waals surface area contributed by atoms with E-state index in [1.807, 2.05) is 25.1 Å². The van der Waals surface area contributed by atoms with Crippen molar-refractivity contribution >= 4 is 18.6 Å². The average molecular weight is 174 g/mol. The predicted octanol–water partition coefficient (Wildman–Crippen LogP) is 2.08. The predicted molar refractivity (Wildman–Crippen MR) is 53.3 cm³/mol. The van der Waals surface area contributed by atoms with Gasteiger partial charge in [-0.05, 0) is 30.7 Å². The van der Waals surface area contributed by atoms with E-state index in [1.165, 1.54) is 0 Å². The Bertz CT molecular complexity index is 385. The van der Waals surface area contributed by atoms with Gasteiger partial charge in [0.25, 0.3) is 0 Å². The van der Waals surface area contributed by atoms with Gasteiger partial charge >= 0.3 is 0 Å². The van der Waals surface area contributed by atoms with Gasteiger partial charge < -0.3 is 4.42 Å². The molecule has 1 aromatic heterocycles. The molecule has 0 bridgehead atoms. The van der Waals surface area contributed by atoms with Crippen LogP contribution in [0, 0.1) is 6.92 Å². The molecule has 0 atom stereocenters. The summed E-state index contributed by atoms with van der Waals surface area (Å²) >= 11 is 0. The van der Waals surface area contributed by atoms with E-state index < -0.39 is 0 Å². The normalized spacial score (nSPS) is 18.4. The smallest absolute Gasteiger partial charge is 0.127 e. The Hall–Kier alpha value is -1.64. The summed E-state index contributed by atoms with van der Waals surface area (Å²) < 4.78 is 5.40. The number of furan rings is 1. The van der Waals surface area contributed by atoms with Crippen LogP contribution in [0.5, 0.6) is 0 Å². The molecule has 0 saturated heterocycles. The fourth-order valence-corrected chi connectivity index (χ4v) is 1.16. The first-order chi connectivity index (χ1) is 6.34. The van der Waals surface area contributed by atoms with Crippen LogP contribution in [-0.4, -0.2) is 19.1 Å². The number of hydrogen-bond acceptors (Lipinski definition) is 3. The third kappa shape index (κ3) is 1.93. The lowest BCUT2D eigenvalue weighted by atomic mass is 10.2. The molecule has 3 heteroatoms. The second-order valence-corrected chi connectivity index (χ2v) is 2.90. The topological polar surface area (TPSA) is 37.9 Å². The van der Waals surface area contributed by atoms with E-state index in [9.17, 15) is 0 Å². The first kappa shape index (κ1) is 7.98. The van der Waals surface area contributed by atoms with E-state index >= 15 is 0 Å². The zero-order valence-corrected chi connectivity index (χ0v) is 7.40. The highest BCUT2D eigenvalue weighted by atomic mass is 16.3. The minimum atomic E-state index is 0.684. The van der Waals surface area contributed by atoms with Crippen molar-refractivity contribution in [1.82, 2.24) is 0 Å². The van der Waals surface area contributed by atoms with E-state index in [1.54, 1.807) is 12.6 Å². The van der Waals surface area contributed by atoms with Crippen molar-refractivity contribution in [1.29, 1.82) is 0 Å². The van der Waals surface area contributed by atoms with Crippen molar-refractivity contribution in [3.05, 3.63) is 29.2 Å². The van der Waals surface area contributed by atoms with Gasteiger partial charge in [-0.15, -0.1) is 0 Å². The maximum absolute atomic E-state index is 5.40. The molecule has 2 heterocycles. The minimum Gasteiger partial charge on any atom is -0.462 e. The Balaban J connectivity index is 2.20. The molecule has 1 aromatic rings. The van der Waals surface area contributed by atoms with Crippen LogP contribution in [0.25, 0.3) is 6.08 Å². The SMILES string of the molecule is Cc1ccc(C=C2C=NC=NC2)o1. The molecular weight excluding hydrogens is 164 g/mol. The summed E-state index contributed by atoms with van der Waals surface area (Å²) in [6.07, 6.45) is 5.31. The van der Waals surface area contributed by atoms with Crippen molar-refractivity contribution in [3.63, 3.8) is 0 Å². The van der Waals surface area contributed by atoms with Gasteiger partial charge in [0.05, 0.1) is 6.54 Å². The van der Waals surface area contributed by atoms with Gasteiger partial charge in [0.2, 0.25) is 0 Å². The van der Waals surface area contributed by atoms with Crippen molar-refractivity contribution in [2.45, 2.75) is 6.92 Å². The largest absolute Gasteiger partial charge is 0.462 e. The second kappa shape index (κ2) is 3.39. The minimum absolute atomic E-state index is 0.684. The molecule has 0 radical (unpaired) electrons. The summed E-state index contributed by atoms with van der Waals surface area (Å²) in [7, 11) is 0. The molecule has 66 valence electrons. The van der Waals surface area contributed by atoms with Crippen molar-refractivity contribution in [2.24, 2.45) is 9.98 Å². The Morgan fingerprint density at radius 1 is 1.46 bits per heavy atom. The van der Waals surface area contributed by atoms with Crippen molar-refractivity contribution in [3.8, 4) is 0 Å². The molecule has 0 aliphatic carbocycles. The lowest BCUT2D eigenvalue weighted by molar-refractivity contribution is 0.525. The summed E-state index contributed by atoms with van der Waals surface area (Å²) in [4.78, 5) is 7.96. The highest BCUT2D eigenvalue weighted by molar-refractivity contribution is 5.92. The van der Waals surface area contributed by atoms with Crippen LogP contribution in [0.2, 0.25) is 0 Å². The van der Waals surface area contributed by atoms with Gasteiger partial charge in [-0.1, -0.05) is 0 Å². The van der Waals surface area contributed by atoms with Gasteiger partial charge in [-0.3, -0.25) is 4.99 Å². The van der Waals surface area contributed by atoms with E-state index in [2.05, 4.69) is 9.98 Å². The van der Waals surface area contributed by atoms with Crippen LogP contribution in [-0.2, 0) is 0 Å². The molecule has 1 aliphatic rings. The Kier molecular flexibility index (Phi) is 2.08. The van der Waals surface area contributed by atoms with Crippen LogP contribution >= 0.6 is 0 Å². The zero-order valence-electron chi connectivity index (χ0n) is 7.40. The summed E-state index contributed by atoms with van der Waals surface area (Å²) in [6, 6.07) is 3.88. The summed E-state index contributed by atoms with van der Waals surface area (Å²) in [5.41, 5.74) is 1.07. The zero-order chi connectivity index (χ0) is 9.10. The molecule has 3 nitrogen and oxygen atoms in total. The number of nitrogens with zero attached hydrogens (tertiary/aromatic N) is 2. The lowest BCUT2D eigenvalue weighted by Crippen LogP contribution is -1.95. The molecule has 0 aromatic carbocycles. The fraction of sp³-hybridized carbons (Fsp3) is 0.200. The van der Waals surface area contributed by atoms with Gasteiger partial charge in [0.1, 0.15) is 17.9 Å². The molecule has 1 aliphatic heterocycles. The molecule has 0 fully saturated rings. The monoisotopic (exact) mass is 174 g/mol. The fourth-order valence-electron chi connectivity index (χ4n) is 1.16. The maximum atomic E-state index is 5.40. The van der Waals surface area contributed by atoms with Crippen LogP contribution in [0.3, 0.4) is 0 Å². The lowest BCUT2D eigenvalue weighted by Gasteiger charge is -1.98. The Morgan fingerprint density at radius 2 is 2.38 bits per heavy atom. The average Bonchev–Trinajstić information content (AvgIpc) is 2.53. The molecule has 0 spiro atoms. The van der Waals surface area contributed by atoms with Crippen molar-refractivity contribution < 1.29 is 4.42 Å². The number of aliphatic imine (C=N–C) groups is 2. The van der Waals surface area contributed by atoms with Crippen LogP contribution in [0.15, 0.2) is 32.1 Å². The summed E-state index contributed by atoms with van der Waals surface area (Å²) in [5.74, 6) is 1.78. The second-order valence-electron chi connectivity index (χ2n) is 2.90. The Labute approximate surface area is 76.5 Å². The van der Waals surface area contributed by atoms with Gasteiger partial charge in [-0.2, -0.15) is 0 Å². The third-order valence-corrected chi connectivity index (χ3v) is 1.75. The molecule has 13 heavy (non-hydrogen) atoms. The quantitative estimate of drug-likeness (QED) is 0.642. The molecule has 0 N–H and O–H groups in total. The summed E-state index contributed by atoms with van der Waals surface area (Å²) in [5, 5.41) is 0. The van der Waals surface area contributed by atoms with E-state index in [0.717, 1.165) is 17.1 Å². The molecular formula is C10H10N2O. The highest BCUT2D eigenvalue weighted by Crippen LogP contribution is 2.11. The molecule has 0 unspecified atom stereocenters. The summed E-state index contributed by atoms with van der Waals surface area (Å²) in [6.45, 7) is 2.61. The molecule has 0 amide bonds. The van der Waals surface area contributed by atoms with E-state index in [0.29, 0.717) is 6.54 Å². The van der Waals surface area contributed by atoms with Gasteiger partial charge in [0.15, 0.2) is 0 Å². The number of rotatable bonds is 1. The standard InChI is InChI=1S/C10H10N2O/c1-8-2-3-10(13-8)4-9-5-11-7-12-6-9/h2-5,7H,6H2,1H3. The van der Waals surface area contributed by atoms with Gasteiger partial charge in [0, 0.05) is 6.21 Å².